The van der Waals surface area contributed by atoms with Crippen LogP contribution in [0.3, 0.4) is 0 Å². The minimum absolute atomic E-state index is 0.702. The zero-order valence-corrected chi connectivity index (χ0v) is 10.9. The van der Waals surface area contributed by atoms with Gasteiger partial charge in [-0.1, -0.05) is 13.3 Å². The first-order chi connectivity index (χ1) is 6.39. The Kier molecular flexibility index (Phi) is 5.85. The molecule has 0 aromatic rings. The molecule has 0 amide bonds. The molecule has 2 N–H and O–H groups in total. The van der Waals surface area contributed by atoms with E-state index in [1.165, 1.54) is 0 Å². The molecule has 14 heavy (non-hydrogen) atoms. The van der Waals surface area contributed by atoms with Gasteiger partial charge in [0.1, 0.15) is 5.72 Å². The molecule has 0 aromatic heterocycles. The van der Waals surface area contributed by atoms with E-state index in [1.54, 1.807) is 28.1 Å². The number of hydrogen-bond donors (Lipinski definition) is 1. The van der Waals surface area contributed by atoms with E-state index in [0.717, 1.165) is 18.9 Å². The first-order valence-electron chi connectivity index (χ1n) is 4.98. The second-order valence-electron chi connectivity index (χ2n) is 3.90. The monoisotopic (exact) mass is 221 g/mol. The summed E-state index contributed by atoms with van der Waals surface area (Å²) in [6.45, 7) is 5.73. The summed E-state index contributed by atoms with van der Waals surface area (Å²) < 4.78 is 16.5. The highest BCUT2D eigenvalue weighted by atomic mass is 28.4. The largest absolute Gasteiger partial charge is 0.501 e. The summed E-state index contributed by atoms with van der Waals surface area (Å²) in [5, 5.41) is 0. The smallest absolute Gasteiger partial charge is 0.377 e. The van der Waals surface area contributed by atoms with Gasteiger partial charge >= 0.3 is 8.80 Å². The molecule has 0 radical (unpaired) electrons. The third-order valence-corrected chi connectivity index (χ3v) is 4.92. The van der Waals surface area contributed by atoms with E-state index in [-0.39, 0.29) is 0 Å². The first kappa shape index (κ1) is 14.1. The highest BCUT2D eigenvalue weighted by Gasteiger charge is 2.42. The van der Waals surface area contributed by atoms with E-state index < -0.39 is 14.5 Å². The standard InChI is InChI=1S/C9H23NO3Si/c1-6-7-8-14(11-4,12-5)13-9(2,3)10/h6-8,10H2,1-5H3. The summed E-state index contributed by atoms with van der Waals surface area (Å²) in [7, 11) is 0.719. The molecular weight excluding hydrogens is 198 g/mol. The van der Waals surface area contributed by atoms with E-state index in [1.807, 2.05) is 0 Å². The number of rotatable bonds is 7. The molecule has 0 spiro atoms. The van der Waals surface area contributed by atoms with Gasteiger partial charge in [-0.15, -0.1) is 0 Å². The Morgan fingerprint density at radius 1 is 1.21 bits per heavy atom. The Hall–Kier alpha value is 0.0569. The van der Waals surface area contributed by atoms with Crippen LogP contribution in [0.2, 0.25) is 6.04 Å². The second kappa shape index (κ2) is 5.82. The topological polar surface area (TPSA) is 53.7 Å². The summed E-state index contributed by atoms with van der Waals surface area (Å²) >= 11 is 0. The number of nitrogens with two attached hydrogens (primary N) is 1. The zero-order chi connectivity index (χ0) is 11.2. The molecule has 0 aliphatic carbocycles. The van der Waals surface area contributed by atoms with Crippen molar-refractivity contribution in [3.8, 4) is 0 Å². The normalized spacial score (nSPS) is 13.3. The molecule has 0 saturated carbocycles. The van der Waals surface area contributed by atoms with Crippen molar-refractivity contribution in [2.75, 3.05) is 14.2 Å². The van der Waals surface area contributed by atoms with Gasteiger partial charge in [-0.3, -0.25) is 0 Å². The molecule has 0 rings (SSSR count). The fourth-order valence-corrected chi connectivity index (χ4v) is 3.65. The van der Waals surface area contributed by atoms with Gasteiger partial charge in [-0.2, -0.15) is 0 Å². The van der Waals surface area contributed by atoms with Crippen LogP contribution in [0.1, 0.15) is 33.6 Å². The Balaban J connectivity index is 4.36. The van der Waals surface area contributed by atoms with Crippen LogP contribution in [-0.2, 0) is 13.3 Å². The van der Waals surface area contributed by atoms with E-state index in [4.69, 9.17) is 19.0 Å². The molecule has 0 unspecified atom stereocenters. The van der Waals surface area contributed by atoms with Crippen molar-refractivity contribution in [2.24, 2.45) is 5.73 Å². The van der Waals surface area contributed by atoms with Crippen molar-refractivity contribution in [3.63, 3.8) is 0 Å². The van der Waals surface area contributed by atoms with E-state index >= 15 is 0 Å². The number of unbranched alkanes of at least 4 members (excludes halogenated alkanes) is 1. The molecule has 0 fully saturated rings. The highest BCUT2D eigenvalue weighted by Crippen LogP contribution is 2.21. The second-order valence-corrected chi connectivity index (χ2v) is 6.79. The summed E-state index contributed by atoms with van der Waals surface area (Å²) in [6, 6.07) is 0.817. The van der Waals surface area contributed by atoms with Gasteiger partial charge in [0.25, 0.3) is 0 Å². The SMILES string of the molecule is CCCC[Si](OC)(OC)OC(C)(C)N. The third-order valence-electron chi connectivity index (χ3n) is 1.88. The van der Waals surface area contributed by atoms with Crippen LogP contribution in [0.25, 0.3) is 0 Å². The molecule has 0 aromatic carbocycles. The molecule has 0 heterocycles. The molecule has 4 nitrogen and oxygen atoms in total. The quantitative estimate of drug-likeness (QED) is 0.525. The van der Waals surface area contributed by atoms with Crippen molar-refractivity contribution >= 4 is 8.80 Å². The van der Waals surface area contributed by atoms with E-state index in [2.05, 4.69) is 6.92 Å². The van der Waals surface area contributed by atoms with Crippen LogP contribution in [0, 0.1) is 0 Å². The maximum Gasteiger partial charge on any atom is 0.501 e. The average molecular weight is 221 g/mol. The van der Waals surface area contributed by atoms with Crippen LogP contribution in [0.15, 0.2) is 0 Å². The van der Waals surface area contributed by atoms with Crippen molar-refractivity contribution in [1.29, 1.82) is 0 Å². The summed E-state index contributed by atoms with van der Waals surface area (Å²) in [5.74, 6) is 0. The van der Waals surface area contributed by atoms with Crippen LogP contribution < -0.4 is 5.73 Å². The van der Waals surface area contributed by atoms with Crippen LogP contribution in [-0.4, -0.2) is 28.7 Å². The fraction of sp³-hybridized carbons (Fsp3) is 1.00. The third kappa shape index (κ3) is 5.07. The Labute approximate surface area is 88.1 Å². The van der Waals surface area contributed by atoms with E-state index in [9.17, 15) is 0 Å². The zero-order valence-electron chi connectivity index (χ0n) is 9.92. The van der Waals surface area contributed by atoms with Gasteiger partial charge in [-0.05, 0) is 20.3 Å². The predicted octanol–water partition coefficient (Wildman–Crippen LogP) is 1.73. The molecule has 5 heteroatoms. The minimum atomic E-state index is -2.52. The lowest BCUT2D eigenvalue weighted by atomic mass is 10.4. The molecule has 0 aliphatic rings. The van der Waals surface area contributed by atoms with Crippen molar-refractivity contribution in [2.45, 2.75) is 45.4 Å². The van der Waals surface area contributed by atoms with Gasteiger partial charge in [0.05, 0.1) is 0 Å². The van der Waals surface area contributed by atoms with Gasteiger partial charge in [0.2, 0.25) is 0 Å². The lowest BCUT2D eigenvalue weighted by Gasteiger charge is -2.33. The van der Waals surface area contributed by atoms with Crippen molar-refractivity contribution < 1.29 is 13.3 Å². The molecule has 0 atom stereocenters. The maximum atomic E-state index is 5.80. The summed E-state index contributed by atoms with van der Waals surface area (Å²) in [4.78, 5) is 0. The number of hydrogen-bond acceptors (Lipinski definition) is 4. The fourth-order valence-electron chi connectivity index (χ4n) is 1.22. The van der Waals surface area contributed by atoms with Gasteiger partial charge in [-0.25, -0.2) is 0 Å². The Morgan fingerprint density at radius 3 is 2.00 bits per heavy atom. The maximum absolute atomic E-state index is 5.80. The molecule has 0 bridgehead atoms. The van der Waals surface area contributed by atoms with Crippen molar-refractivity contribution in [1.82, 2.24) is 0 Å². The van der Waals surface area contributed by atoms with Crippen LogP contribution in [0.5, 0.6) is 0 Å². The van der Waals surface area contributed by atoms with Crippen molar-refractivity contribution in [3.05, 3.63) is 0 Å². The lowest BCUT2D eigenvalue weighted by molar-refractivity contribution is 0.00889. The molecule has 0 aliphatic heterocycles. The average Bonchev–Trinajstić information content (AvgIpc) is 2.10. The predicted molar refractivity (Wildman–Crippen MR) is 58.8 cm³/mol. The highest BCUT2D eigenvalue weighted by molar-refractivity contribution is 6.60. The van der Waals surface area contributed by atoms with Gasteiger partial charge < -0.3 is 19.0 Å². The summed E-state index contributed by atoms with van der Waals surface area (Å²) in [5.41, 5.74) is 5.09. The van der Waals surface area contributed by atoms with E-state index in [0.29, 0.717) is 0 Å². The first-order valence-corrected chi connectivity index (χ1v) is 6.91. The summed E-state index contributed by atoms with van der Waals surface area (Å²) in [6.07, 6.45) is 2.12. The Morgan fingerprint density at radius 2 is 1.71 bits per heavy atom. The van der Waals surface area contributed by atoms with Gasteiger partial charge in [0.15, 0.2) is 0 Å². The minimum Gasteiger partial charge on any atom is -0.377 e. The molecule has 0 saturated heterocycles. The molecule has 86 valence electrons. The van der Waals surface area contributed by atoms with Crippen LogP contribution >= 0.6 is 0 Å². The lowest BCUT2D eigenvalue weighted by Crippen LogP contribution is -2.53. The Bertz CT molecular complexity index is 155. The van der Waals surface area contributed by atoms with Crippen LogP contribution in [0.4, 0.5) is 0 Å². The molecular formula is C9H23NO3Si. The van der Waals surface area contributed by atoms with Gasteiger partial charge in [0, 0.05) is 20.3 Å².